The van der Waals surface area contributed by atoms with Crippen molar-refractivity contribution in [1.29, 1.82) is 0 Å². The van der Waals surface area contributed by atoms with Crippen LogP contribution in [0.2, 0.25) is 0 Å². The molecule has 1 unspecified atom stereocenters. The third kappa shape index (κ3) is 4.55. The highest BCUT2D eigenvalue weighted by Gasteiger charge is 2.50. The zero-order valence-electron chi connectivity index (χ0n) is 20.7. The van der Waals surface area contributed by atoms with E-state index in [9.17, 15) is 19.5 Å². The van der Waals surface area contributed by atoms with Crippen molar-refractivity contribution in [3.05, 3.63) is 35.8 Å². The molecule has 2 aromatic heterocycles. The number of imidazole rings is 1. The fourth-order valence-electron chi connectivity index (χ4n) is 7.45. The van der Waals surface area contributed by atoms with Gasteiger partial charge in [-0.25, -0.2) is 4.98 Å². The van der Waals surface area contributed by atoms with Crippen molar-refractivity contribution < 1.29 is 19.5 Å². The maximum atomic E-state index is 13.3. The summed E-state index contributed by atoms with van der Waals surface area (Å²) in [4.78, 5) is 44.0. The number of aliphatic carboxylic acids is 1. The Balaban J connectivity index is 1.34. The van der Waals surface area contributed by atoms with Crippen LogP contribution in [0.5, 0.6) is 0 Å². The Bertz CT molecular complexity index is 1100. The number of hydrogen-bond donors (Lipinski definition) is 2. The molecule has 0 aliphatic heterocycles. The van der Waals surface area contributed by atoms with Crippen LogP contribution < -0.4 is 5.32 Å². The minimum absolute atomic E-state index is 0.158. The summed E-state index contributed by atoms with van der Waals surface area (Å²) in [6.07, 6.45) is 9.21. The maximum absolute atomic E-state index is 13.3. The Kier molecular flexibility index (Phi) is 6.32. The Morgan fingerprint density at radius 3 is 2.31 bits per heavy atom. The van der Waals surface area contributed by atoms with Crippen molar-refractivity contribution in [3.8, 4) is 0 Å². The lowest BCUT2D eigenvalue weighted by Crippen LogP contribution is -2.51. The van der Waals surface area contributed by atoms with Crippen LogP contribution in [0, 0.1) is 23.2 Å². The molecule has 1 atom stereocenters. The minimum atomic E-state index is -1.10. The predicted molar refractivity (Wildman–Crippen MR) is 131 cm³/mol. The fourth-order valence-corrected chi connectivity index (χ4v) is 7.45. The number of aromatic nitrogens is 2. The highest BCUT2D eigenvalue weighted by Crippen LogP contribution is 2.59. The van der Waals surface area contributed by atoms with Gasteiger partial charge in [0.05, 0.1) is 5.69 Å². The van der Waals surface area contributed by atoms with Crippen LogP contribution in [0.15, 0.2) is 24.4 Å². The normalized spacial score (nSPS) is 27.7. The molecule has 0 spiro atoms. The maximum Gasteiger partial charge on any atom is 0.313 e. The zero-order valence-corrected chi connectivity index (χ0v) is 20.7. The van der Waals surface area contributed by atoms with E-state index in [1.165, 1.54) is 38.5 Å². The molecule has 35 heavy (non-hydrogen) atoms. The number of carbonyl (C=O) groups is 3. The van der Waals surface area contributed by atoms with E-state index in [0.29, 0.717) is 36.7 Å². The Hall–Kier alpha value is -2.90. The van der Waals surface area contributed by atoms with Gasteiger partial charge in [-0.15, -0.1) is 0 Å². The first-order valence-electron chi connectivity index (χ1n) is 13.1. The van der Waals surface area contributed by atoms with Gasteiger partial charge in [0.15, 0.2) is 0 Å². The molecule has 4 aliphatic carbocycles. The van der Waals surface area contributed by atoms with Crippen molar-refractivity contribution in [2.75, 3.05) is 19.6 Å². The number of rotatable bonds is 9. The van der Waals surface area contributed by atoms with Crippen molar-refractivity contribution in [3.63, 3.8) is 0 Å². The largest absolute Gasteiger partial charge is 0.481 e. The molecule has 4 bridgehead atoms. The highest BCUT2D eigenvalue weighted by molar-refractivity contribution is 5.93. The average molecular weight is 481 g/mol. The molecule has 0 saturated heterocycles. The van der Waals surface area contributed by atoms with Gasteiger partial charge in [0, 0.05) is 32.3 Å². The van der Waals surface area contributed by atoms with Gasteiger partial charge >= 0.3 is 5.97 Å². The Labute approximate surface area is 206 Å². The number of carboxylic acid groups (broad SMARTS) is 1. The lowest BCUT2D eigenvalue weighted by atomic mass is 9.49. The second-order valence-corrected chi connectivity index (χ2v) is 11.1. The Morgan fingerprint density at radius 1 is 1.11 bits per heavy atom. The number of carboxylic acids is 1. The first-order valence-corrected chi connectivity index (χ1v) is 13.1. The Morgan fingerprint density at radius 2 is 1.74 bits per heavy atom. The summed E-state index contributed by atoms with van der Waals surface area (Å²) in [6, 6.07) is 5.26. The van der Waals surface area contributed by atoms with Crippen LogP contribution in [0.25, 0.3) is 5.65 Å². The molecule has 2 N–H and O–H groups in total. The molecule has 2 amide bonds. The first kappa shape index (κ1) is 23.8. The smallest absolute Gasteiger partial charge is 0.313 e. The molecule has 4 aliphatic rings. The molecule has 6 rings (SSSR count). The summed E-state index contributed by atoms with van der Waals surface area (Å²) >= 11 is 0. The van der Waals surface area contributed by atoms with Crippen molar-refractivity contribution in [2.45, 2.75) is 64.7 Å². The van der Waals surface area contributed by atoms with Crippen LogP contribution in [0.1, 0.15) is 80.9 Å². The molecule has 8 heteroatoms. The molecule has 2 heterocycles. The van der Waals surface area contributed by atoms with Crippen molar-refractivity contribution >= 4 is 23.4 Å². The van der Waals surface area contributed by atoms with Crippen LogP contribution >= 0.6 is 0 Å². The van der Waals surface area contributed by atoms with Crippen molar-refractivity contribution in [1.82, 2.24) is 19.6 Å². The third-order valence-electron chi connectivity index (χ3n) is 8.68. The second-order valence-electron chi connectivity index (χ2n) is 11.1. The van der Waals surface area contributed by atoms with Gasteiger partial charge < -0.3 is 15.3 Å². The lowest BCUT2D eigenvalue weighted by molar-refractivity contribution is -0.142. The zero-order chi connectivity index (χ0) is 24.7. The van der Waals surface area contributed by atoms with E-state index in [0.717, 1.165) is 17.8 Å². The molecule has 2 aromatic rings. The van der Waals surface area contributed by atoms with Gasteiger partial charge in [-0.2, -0.15) is 0 Å². The van der Waals surface area contributed by atoms with Gasteiger partial charge in [0.25, 0.3) is 5.91 Å². The number of nitrogens with zero attached hydrogens (tertiary/aromatic N) is 3. The van der Waals surface area contributed by atoms with Gasteiger partial charge in [-0.05, 0) is 87.7 Å². The number of amides is 2. The van der Waals surface area contributed by atoms with Crippen LogP contribution in [-0.4, -0.2) is 56.8 Å². The van der Waals surface area contributed by atoms with Crippen LogP contribution in [0.3, 0.4) is 0 Å². The number of nitrogens with one attached hydrogen (secondary N) is 1. The summed E-state index contributed by atoms with van der Waals surface area (Å²) in [5, 5.41) is 13.1. The second kappa shape index (κ2) is 9.28. The molecule has 0 aromatic carbocycles. The SMILES string of the molecule is CCN(CC)C(=O)CC(C(=O)O)c1cn2c(C(=O)NCC34CC5CC(CC(C5)C3)C4)cccc2n1. The van der Waals surface area contributed by atoms with Gasteiger partial charge in [0.2, 0.25) is 5.91 Å². The minimum Gasteiger partial charge on any atom is -0.481 e. The summed E-state index contributed by atoms with van der Waals surface area (Å²) < 4.78 is 1.65. The van der Waals surface area contributed by atoms with E-state index in [1.807, 2.05) is 13.8 Å². The quantitative estimate of drug-likeness (QED) is 0.569. The van der Waals surface area contributed by atoms with E-state index in [4.69, 9.17) is 0 Å². The molecular weight excluding hydrogens is 444 g/mol. The van der Waals surface area contributed by atoms with E-state index >= 15 is 0 Å². The summed E-state index contributed by atoms with van der Waals surface area (Å²) in [5.74, 6) is -0.0681. The van der Waals surface area contributed by atoms with Gasteiger partial charge in [0.1, 0.15) is 17.3 Å². The number of fused-ring (bicyclic) bond motifs is 1. The number of carbonyl (C=O) groups excluding carboxylic acids is 2. The standard InChI is InChI=1S/C27H36N4O4/c1-3-30(4-2)24(32)11-20(26(34)35)21-15-31-22(6-5-7-23(31)29-21)25(33)28-16-27-12-17-8-18(13-27)10-19(9-17)14-27/h5-7,15,17-20H,3-4,8-14,16H2,1-2H3,(H,28,33)(H,34,35). The number of hydrogen-bond acceptors (Lipinski definition) is 4. The third-order valence-corrected chi connectivity index (χ3v) is 8.68. The topological polar surface area (TPSA) is 104 Å². The molecule has 8 nitrogen and oxygen atoms in total. The summed E-state index contributed by atoms with van der Waals surface area (Å²) in [6.45, 7) is 5.50. The highest BCUT2D eigenvalue weighted by atomic mass is 16.4. The van der Waals surface area contributed by atoms with E-state index in [2.05, 4.69) is 10.3 Å². The predicted octanol–water partition coefficient (Wildman–Crippen LogP) is 3.71. The van der Waals surface area contributed by atoms with Crippen LogP contribution in [-0.2, 0) is 9.59 Å². The van der Waals surface area contributed by atoms with E-state index < -0.39 is 11.9 Å². The van der Waals surface area contributed by atoms with E-state index in [1.54, 1.807) is 33.7 Å². The lowest BCUT2D eigenvalue weighted by Gasteiger charge is -2.56. The van der Waals surface area contributed by atoms with Crippen molar-refractivity contribution in [2.24, 2.45) is 23.2 Å². The number of pyridine rings is 1. The first-order chi connectivity index (χ1) is 16.8. The average Bonchev–Trinajstić information content (AvgIpc) is 3.24. The summed E-state index contributed by atoms with van der Waals surface area (Å²) in [7, 11) is 0. The van der Waals surface area contributed by atoms with E-state index in [-0.39, 0.29) is 23.7 Å². The van der Waals surface area contributed by atoms with Gasteiger partial charge in [-0.3, -0.25) is 18.8 Å². The summed E-state index contributed by atoms with van der Waals surface area (Å²) in [5.41, 5.74) is 1.46. The molecular formula is C27H36N4O4. The molecule has 4 fully saturated rings. The van der Waals surface area contributed by atoms with Crippen LogP contribution in [0.4, 0.5) is 0 Å². The molecule has 4 saturated carbocycles. The molecule has 188 valence electrons. The van der Waals surface area contributed by atoms with Gasteiger partial charge in [-0.1, -0.05) is 6.07 Å². The molecule has 0 radical (unpaired) electrons. The fraction of sp³-hybridized carbons (Fsp3) is 0.630. The monoisotopic (exact) mass is 480 g/mol.